The van der Waals surface area contributed by atoms with Crippen LogP contribution in [0.5, 0.6) is 5.88 Å². The van der Waals surface area contributed by atoms with Gasteiger partial charge in [0.15, 0.2) is 0 Å². The Kier molecular flexibility index (Phi) is 4.83. The third kappa shape index (κ3) is 4.21. The monoisotopic (exact) mass is 376 g/mol. The Hall–Kier alpha value is -2.31. The summed E-state index contributed by atoms with van der Waals surface area (Å²) in [6, 6.07) is 15.5. The number of aromatic nitrogens is 2. The fourth-order valence-electron chi connectivity index (χ4n) is 2.44. The van der Waals surface area contributed by atoms with Crippen LogP contribution in [0.15, 0.2) is 59.5 Å². The number of aryl methyl sites for hydroxylation is 2. The van der Waals surface area contributed by atoms with Crippen molar-refractivity contribution in [3.63, 3.8) is 0 Å². The van der Waals surface area contributed by atoms with Crippen LogP contribution in [-0.4, -0.2) is 18.2 Å². The normalized spacial score (nSPS) is 11.5. The van der Waals surface area contributed by atoms with Gasteiger partial charge in [-0.15, -0.1) is 0 Å². The van der Waals surface area contributed by atoms with Crippen molar-refractivity contribution in [1.82, 2.24) is 9.78 Å². The second kappa shape index (κ2) is 6.90. The summed E-state index contributed by atoms with van der Waals surface area (Å²) >= 11 is 6.00. The number of nitrogens with zero attached hydrogens (tertiary/aromatic N) is 2. The van der Waals surface area contributed by atoms with Gasteiger partial charge in [-0.05, 0) is 49.2 Å². The summed E-state index contributed by atoms with van der Waals surface area (Å²) in [4.78, 5) is 0.112. The average Bonchev–Trinajstić information content (AvgIpc) is 2.86. The maximum absolute atomic E-state index is 12.5. The van der Waals surface area contributed by atoms with Gasteiger partial charge in [0.25, 0.3) is 0 Å². The van der Waals surface area contributed by atoms with Crippen LogP contribution < -0.4 is 4.18 Å². The van der Waals surface area contributed by atoms with E-state index in [0.717, 1.165) is 11.1 Å². The van der Waals surface area contributed by atoms with E-state index in [1.54, 1.807) is 37.3 Å². The van der Waals surface area contributed by atoms with E-state index < -0.39 is 10.1 Å². The molecule has 0 fully saturated rings. The SMILES string of the molecule is Cc1cccc(S(=O)(=O)Oc2cc(C)nn2Cc2cccc(Cl)c2)c1. The molecule has 25 heavy (non-hydrogen) atoms. The third-order valence-corrected chi connectivity index (χ3v) is 5.02. The molecule has 130 valence electrons. The lowest BCUT2D eigenvalue weighted by Crippen LogP contribution is -2.14. The molecule has 0 aliphatic heterocycles. The predicted octanol–water partition coefficient (Wildman–Crippen LogP) is 3.97. The van der Waals surface area contributed by atoms with Crippen LogP contribution in [0.25, 0.3) is 0 Å². The second-order valence-electron chi connectivity index (χ2n) is 5.77. The van der Waals surface area contributed by atoms with Crippen LogP contribution in [0.1, 0.15) is 16.8 Å². The smallest absolute Gasteiger partial charge is 0.340 e. The minimum absolute atomic E-state index is 0.112. The van der Waals surface area contributed by atoms with E-state index in [1.807, 2.05) is 25.1 Å². The molecule has 0 unspecified atom stereocenters. The second-order valence-corrected chi connectivity index (χ2v) is 7.75. The summed E-state index contributed by atoms with van der Waals surface area (Å²) in [7, 11) is -3.93. The topological polar surface area (TPSA) is 61.2 Å². The van der Waals surface area contributed by atoms with Crippen LogP contribution in [0.3, 0.4) is 0 Å². The molecule has 0 aliphatic rings. The quantitative estimate of drug-likeness (QED) is 0.632. The van der Waals surface area contributed by atoms with Crippen molar-refractivity contribution < 1.29 is 12.6 Å². The van der Waals surface area contributed by atoms with E-state index in [2.05, 4.69) is 5.10 Å². The van der Waals surface area contributed by atoms with Crippen molar-refractivity contribution in [2.45, 2.75) is 25.3 Å². The first-order valence-corrected chi connectivity index (χ1v) is 9.42. The van der Waals surface area contributed by atoms with Gasteiger partial charge in [0, 0.05) is 11.1 Å². The van der Waals surface area contributed by atoms with E-state index in [-0.39, 0.29) is 10.8 Å². The van der Waals surface area contributed by atoms with Crippen LogP contribution in [0.2, 0.25) is 5.02 Å². The molecule has 3 rings (SSSR count). The highest BCUT2D eigenvalue weighted by Gasteiger charge is 2.20. The molecule has 1 aromatic heterocycles. The highest BCUT2D eigenvalue weighted by Crippen LogP contribution is 2.22. The molecular formula is C18H17ClN2O3S. The van der Waals surface area contributed by atoms with Crippen LogP contribution >= 0.6 is 11.6 Å². The molecule has 0 spiro atoms. The number of halogens is 1. The molecule has 0 atom stereocenters. The number of rotatable bonds is 5. The summed E-state index contributed by atoms with van der Waals surface area (Å²) in [6.07, 6.45) is 0. The molecule has 5 nitrogen and oxygen atoms in total. The molecule has 0 saturated carbocycles. The average molecular weight is 377 g/mol. The Morgan fingerprint density at radius 2 is 1.84 bits per heavy atom. The van der Waals surface area contributed by atoms with Gasteiger partial charge < -0.3 is 4.18 Å². The molecule has 3 aromatic rings. The van der Waals surface area contributed by atoms with Crippen molar-refractivity contribution in [2.75, 3.05) is 0 Å². The van der Waals surface area contributed by atoms with E-state index in [9.17, 15) is 8.42 Å². The largest absolute Gasteiger partial charge is 0.358 e. The lowest BCUT2D eigenvalue weighted by atomic mass is 10.2. The van der Waals surface area contributed by atoms with Crippen molar-refractivity contribution in [3.8, 4) is 5.88 Å². The zero-order chi connectivity index (χ0) is 18.0. The van der Waals surface area contributed by atoms with Crippen molar-refractivity contribution in [3.05, 3.63) is 76.4 Å². The molecule has 0 bridgehead atoms. The molecule has 0 N–H and O–H groups in total. The van der Waals surface area contributed by atoms with Gasteiger partial charge in [0.1, 0.15) is 4.90 Å². The lowest BCUT2D eigenvalue weighted by molar-refractivity contribution is 0.447. The zero-order valence-electron chi connectivity index (χ0n) is 13.8. The van der Waals surface area contributed by atoms with E-state index in [1.165, 1.54) is 10.7 Å². The molecule has 7 heteroatoms. The van der Waals surface area contributed by atoms with E-state index in [0.29, 0.717) is 17.3 Å². The highest BCUT2D eigenvalue weighted by molar-refractivity contribution is 7.87. The van der Waals surface area contributed by atoms with Gasteiger partial charge in [-0.25, -0.2) is 4.68 Å². The molecule has 0 amide bonds. The summed E-state index contributed by atoms with van der Waals surface area (Å²) in [5.41, 5.74) is 2.40. The minimum Gasteiger partial charge on any atom is -0.358 e. The molecular weight excluding hydrogens is 360 g/mol. The summed E-state index contributed by atoms with van der Waals surface area (Å²) < 4.78 is 31.9. The standard InChI is InChI=1S/C18H17ClN2O3S/c1-13-5-3-8-17(9-13)25(22,23)24-18-10-14(2)20-21(18)12-15-6-4-7-16(19)11-15/h3-11H,12H2,1-2H3. The minimum atomic E-state index is -3.93. The Bertz CT molecular complexity index is 1010. The summed E-state index contributed by atoms with van der Waals surface area (Å²) in [5, 5.41) is 4.92. The molecule has 2 aromatic carbocycles. The Labute approximate surface area is 151 Å². The van der Waals surface area contributed by atoms with Crippen molar-refractivity contribution in [1.29, 1.82) is 0 Å². The molecule has 0 aliphatic carbocycles. The number of hydrogen-bond acceptors (Lipinski definition) is 4. The van der Waals surface area contributed by atoms with Gasteiger partial charge in [-0.2, -0.15) is 13.5 Å². The van der Waals surface area contributed by atoms with Crippen LogP contribution in [-0.2, 0) is 16.7 Å². The maximum atomic E-state index is 12.5. The Morgan fingerprint density at radius 1 is 1.08 bits per heavy atom. The van der Waals surface area contributed by atoms with Gasteiger partial charge in [-0.3, -0.25) is 0 Å². The number of hydrogen-bond donors (Lipinski definition) is 0. The Morgan fingerprint density at radius 3 is 2.56 bits per heavy atom. The highest BCUT2D eigenvalue weighted by atomic mass is 35.5. The first-order chi connectivity index (χ1) is 11.8. The first-order valence-electron chi connectivity index (χ1n) is 7.63. The fraction of sp³-hybridized carbons (Fsp3) is 0.167. The molecule has 0 saturated heterocycles. The predicted molar refractivity (Wildman–Crippen MR) is 96.5 cm³/mol. The first kappa shape index (κ1) is 17.5. The third-order valence-electron chi connectivity index (χ3n) is 3.56. The van der Waals surface area contributed by atoms with Gasteiger partial charge in [0.05, 0.1) is 12.2 Å². The van der Waals surface area contributed by atoms with E-state index >= 15 is 0 Å². The van der Waals surface area contributed by atoms with Crippen molar-refractivity contribution in [2.24, 2.45) is 0 Å². The van der Waals surface area contributed by atoms with E-state index in [4.69, 9.17) is 15.8 Å². The van der Waals surface area contributed by atoms with Crippen LogP contribution in [0.4, 0.5) is 0 Å². The van der Waals surface area contributed by atoms with Gasteiger partial charge >= 0.3 is 10.1 Å². The fourth-order valence-corrected chi connectivity index (χ4v) is 3.69. The maximum Gasteiger partial charge on any atom is 0.340 e. The van der Waals surface area contributed by atoms with Crippen molar-refractivity contribution >= 4 is 21.7 Å². The summed E-state index contributed by atoms with van der Waals surface area (Å²) in [5.74, 6) is 0.166. The molecule has 0 radical (unpaired) electrons. The van der Waals surface area contributed by atoms with Gasteiger partial charge in [-0.1, -0.05) is 35.9 Å². The Balaban J connectivity index is 1.90. The summed E-state index contributed by atoms with van der Waals surface area (Å²) in [6.45, 7) is 3.96. The molecule has 1 heterocycles. The lowest BCUT2D eigenvalue weighted by Gasteiger charge is -2.10. The zero-order valence-corrected chi connectivity index (χ0v) is 15.4. The van der Waals surface area contributed by atoms with Gasteiger partial charge in [0.2, 0.25) is 5.88 Å². The van der Waals surface area contributed by atoms with Crippen LogP contribution in [0, 0.1) is 13.8 Å². The number of benzene rings is 2.